The number of rotatable bonds is 6. The molecule has 0 radical (unpaired) electrons. The lowest BCUT2D eigenvalue weighted by Crippen LogP contribution is -2.05. The predicted molar refractivity (Wildman–Crippen MR) is 99.3 cm³/mol. The van der Waals surface area contributed by atoms with Crippen LogP contribution in [-0.4, -0.2) is 30.4 Å². The Bertz CT molecular complexity index is 1100. The molecule has 0 atom stereocenters. The number of benzene rings is 1. The van der Waals surface area contributed by atoms with Crippen LogP contribution in [-0.2, 0) is 6.54 Å². The van der Waals surface area contributed by atoms with Gasteiger partial charge in [0, 0.05) is 35.8 Å². The molecule has 1 saturated carbocycles. The highest BCUT2D eigenvalue weighted by atomic mass is 19.1. The normalized spacial score (nSPS) is 13.8. The van der Waals surface area contributed by atoms with Crippen LogP contribution < -0.4 is 10.6 Å². The van der Waals surface area contributed by atoms with E-state index in [0.717, 1.165) is 22.5 Å². The van der Waals surface area contributed by atoms with Crippen LogP contribution in [0.15, 0.2) is 36.7 Å². The molecule has 0 unspecified atom stereocenters. The quantitative estimate of drug-likeness (QED) is 0.417. The summed E-state index contributed by atoms with van der Waals surface area (Å²) in [7, 11) is 0. The lowest BCUT2D eigenvalue weighted by Gasteiger charge is -2.08. The number of nitrogens with zero attached hydrogens (tertiary/aromatic N) is 4. The second-order valence-electron chi connectivity index (χ2n) is 6.62. The van der Waals surface area contributed by atoms with E-state index in [1.807, 2.05) is 6.07 Å². The molecule has 3 aromatic heterocycles. The third-order valence-electron chi connectivity index (χ3n) is 4.57. The smallest absolute Gasteiger partial charge is 0.224 e. The summed E-state index contributed by atoms with van der Waals surface area (Å²) < 4.78 is 13.7. The molecule has 1 aliphatic carbocycles. The van der Waals surface area contributed by atoms with E-state index >= 15 is 0 Å². The number of H-pyrrole nitrogens is 2. The van der Waals surface area contributed by atoms with Gasteiger partial charge in [0.25, 0.3) is 0 Å². The average Bonchev–Trinajstić information content (AvgIpc) is 3.22. The topological polar surface area (TPSA) is 107 Å². The molecule has 0 bridgehead atoms. The monoisotopic (exact) mass is 364 g/mol. The molecular formula is C18H17FN8. The maximum absolute atomic E-state index is 13.7. The molecule has 0 amide bonds. The summed E-state index contributed by atoms with van der Waals surface area (Å²) in [5, 5.41) is 21.2. The Morgan fingerprint density at radius 2 is 2.07 bits per heavy atom. The van der Waals surface area contributed by atoms with E-state index in [9.17, 15) is 4.39 Å². The van der Waals surface area contributed by atoms with E-state index in [-0.39, 0.29) is 5.82 Å². The van der Waals surface area contributed by atoms with Gasteiger partial charge in [-0.05, 0) is 36.6 Å². The first-order valence-electron chi connectivity index (χ1n) is 8.75. The van der Waals surface area contributed by atoms with Crippen LogP contribution >= 0.6 is 0 Å². The molecule has 9 heteroatoms. The van der Waals surface area contributed by atoms with Crippen LogP contribution in [0.4, 0.5) is 22.0 Å². The van der Waals surface area contributed by atoms with E-state index in [1.165, 1.54) is 25.0 Å². The van der Waals surface area contributed by atoms with E-state index < -0.39 is 0 Å². The second-order valence-corrected chi connectivity index (χ2v) is 6.62. The molecule has 0 aliphatic heterocycles. The third kappa shape index (κ3) is 3.31. The predicted octanol–water partition coefficient (Wildman–Crippen LogP) is 3.45. The van der Waals surface area contributed by atoms with Crippen molar-refractivity contribution in [2.45, 2.75) is 25.3 Å². The van der Waals surface area contributed by atoms with Crippen LogP contribution in [0.1, 0.15) is 30.0 Å². The lowest BCUT2D eigenvalue weighted by molar-refractivity contribution is 0.627. The molecule has 1 fully saturated rings. The molecule has 27 heavy (non-hydrogen) atoms. The van der Waals surface area contributed by atoms with Gasteiger partial charge in [-0.25, -0.2) is 9.37 Å². The van der Waals surface area contributed by atoms with Crippen molar-refractivity contribution in [3.8, 4) is 0 Å². The van der Waals surface area contributed by atoms with Gasteiger partial charge >= 0.3 is 0 Å². The Hall–Kier alpha value is -3.49. The molecule has 136 valence electrons. The molecule has 8 nitrogen and oxygen atoms in total. The number of aromatic amines is 2. The lowest BCUT2D eigenvalue weighted by atomic mass is 10.1. The van der Waals surface area contributed by atoms with Crippen LogP contribution in [0.5, 0.6) is 0 Å². The van der Waals surface area contributed by atoms with Gasteiger partial charge in [0.2, 0.25) is 5.95 Å². The fourth-order valence-corrected chi connectivity index (χ4v) is 3.06. The highest BCUT2D eigenvalue weighted by Gasteiger charge is 2.25. The number of halogens is 1. The average molecular weight is 364 g/mol. The largest absolute Gasteiger partial charge is 0.350 e. The van der Waals surface area contributed by atoms with Crippen LogP contribution in [0.3, 0.4) is 0 Å². The molecular weight excluding hydrogens is 347 g/mol. The first kappa shape index (κ1) is 15.7. The van der Waals surface area contributed by atoms with Crippen LogP contribution in [0.2, 0.25) is 0 Å². The maximum Gasteiger partial charge on any atom is 0.224 e. The van der Waals surface area contributed by atoms with Crippen LogP contribution in [0, 0.1) is 5.82 Å². The molecule has 1 aromatic carbocycles. The van der Waals surface area contributed by atoms with Crippen molar-refractivity contribution in [1.82, 2.24) is 30.4 Å². The first-order chi connectivity index (χ1) is 13.2. The Morgan fingerprint density at radius 1 is 1.15 bits per heavy atom. The van der Waals surface area contributed by atoms with Gasteiger partial charge in [0.1, 0.15) is 11.6 Å². The van der Waals surface area contributed by atoms with Crippen molar-refractivity contribution in [3.05, 3.63) is 53.7 Å². The fourth-order valence-electron chi connectivity index (χ4n) is 3.06. The highest BCUT2D eigenvalue weighted by Crippen LogP contribution is 2.39. The summed E-state index contributed by atoms with van der Waals surface area (Å²) in [4.78, 5) is 8.66. The van der Waals surface area contributed by atoms with E-state index in [1.54, 1.807) is 18.5 Å². The number of aromatic nitrogens is 6. The van der Waals surface area contributed by atoms with Crippen LogP contribution in [0.25, 0.3) is 10.9 Å². The summed E-state index contributed by atoms with van der Waals surface area (Å²) in [5.74, 6) is 2.10. The molecule has 5 rings (SSSR count). The Morgan fingerprint density at radius 3 is 2.96 bits per heavy atom. The van der Waals surface area contributed by atoms with Gasteiger partial charge in [-0.1, -0.05) is 0 Å². The second kappa shape index (κ2) is 6.35. The summed E-state index contributed by atoms with van der Waals surface area (Å²) in [6, 6.07) is 6.69. The van der Waals surface area contributed by atoms with Gasteiger partial charge < -0.3 is 10.6 Å². The molecule has 1 aliphatic rings. The van der Waals surface area contributed by atoms with Crippen molar-refractivity contribution < 1.29 is 4.39 Å². The van der Waals surface area contributed by atoms with Crippen molar-refractivity contribution in [1.29, 1.82) is 0 Å². The third-order valence-corrected chi connectivity index (χ3v) is 4.57. The summed E-state index contributed by atoms with van der Waals surface area (Å²) in [5.41, 5.74) is 2.59. The van der Waals surface area contributed by atoms with Gasteiger partial charge in [0.05, 0.1) is 11.7 Å². The number of anilines is 3. The van der Waals surface area contributed by atoms with E-state index in [0.29, 0.717) is 29.7 Å². The molecule has 0 saturated heterocycles. The van der Waals surface area contributed by atoms with E-state index in [2.05, 4.69) is 41.0 Å². The summed E-state index contributed by atoms with van der Waals surface area (Å²) in [6.45, 7) is 0.380. The molecule has 3 heterocycles. The van der Waals surface area contributed by atoms with Crippen molar-refractivity contribution in [2.24, 2.45) is 0 Å². The zero-order valence-electron chi connectivity index (χ0n) is 14.3. The number of hydrogen-bond acceptors (Lipinski definition) is 6. The van der Waals surface area contributed by atoms with E-state index in [4.69, 9.17) is 0 Å². The summed E-state index contributed by atoms with van der Waals surface area (Å²) in [6.07, 6.45) is 5.77. The molecule has 4 N–H and O–H groups in total. The molecule has 4 aromatic rings. The zero-order chi connectivity index (χ0) is 18.2. The Balaban J connectivity index is 1.30. The number of fused-ring (bicyclic) bond motifs is 1. The molecule has 0 spiro atoms. The minimum atomic E-state index is -0.315. The SMILES string of the molecule is Fc1cc(CNc2nccc(Nc3cc(C4CC4)[nH]n3)n2)c2cn[nH]c2c1. The highest BCUT2D eigenvalue weighted by molar-refractivity contribution is 5.81. The minimum Gasteiger partial charge on any atom is -0.350 e. The Labute approximate surface area is 153 Å². The zero-order valence-corrected chi connectivity index (χ0v) is 14.3. The van der Waals surface area contributed by atoms with Crippen molar-refractivity contribution in [3.63, 3.8) is 0 Å². The van der Waals surface area contributed by atoms with Gasteiger partial charge in [0.15, 0.2) is 5.82 Å². The van der Waals surface area contributed by atoms with Crippen molar-refractivity contribution in [2.75, 3.05) is 10.6 Å². The standard InChI is InChI=1S/C18H17FN8/c19-12-5-11(13-9-22-25-15(13)6-12)8-21-18-20-4-3-16(24-18)23-17-7-14(26-27-17)10-1-2-10/h3-7,9-10H,1-2,8H2,(H,22,25)(H3,20,21,23,24,26,27). The van der Waals surface area contributed by atoms with Gasteiger partial charge in [-0.3, -0.25) is 10.2 Å². The van der Waals surface area contributed by atoms with Crippen molar-refractivity contribution >= 4 is 28.5 Å². The van der Waals surface area contributed by atoms with Gasteiger partial charge in [-0.2, -0.15) is 15.2 Å². The summed E-state index contributed by atoms with van der Waals surface area (Å²) >= 11 is 0. The maximum atomic E-state index is 13.7. The Kier molecular flexibility index (Phi) is 3.70. The first-order valence-corrected chi connectivity index (χ1v) is 8.75. The number of hydrogen-bond donors (Lipinski definition) is 4. The number of nitrogens with one attached hydrogen (secondary N) is 4. The fraction of sp³-hybridized carbons (Fsp3) is 0.222. The van der Waals surface area contributed by atoms with Gasteiger partial charge in [-0.15, -0.1) is 0 Å². The minimum absolute atomic E-state index is 0.315.